The molecule has 0 amide bonds. The maximum Gasteiger partial charge on any atom is 0.347 e. The maximum absolute atomic E-state index is 11.1. The molecule has 0 saturated carbocycles. The van der Waals surface area contributed by atoms with Crippen molar-refractivity contribution < 1.29 is 9.90 Å². The number of rotatable bonds is 4. The van der Waals surface area contributed by atoms with E-state index in [1.807, 2.05) is 6.92 Å². The fraction of sp³-hybridized carbons (Fsp3) is 0.231. The predicted molar refractivity (Wildman–Crippen MR) is 77.7 cm³/mol. The van der Waals surface area contributed by atoms with Gasteiger partial charge in [0.05, 0.1) is 10.7 Å². The number of carboxylic acid groups (broad SMARTS) is 1. The average Bonchev–Trinajstić information content (AvgIpc) is 2.77. The molecule has 0 aliphatic rings. The number of carbonyl (C=O) groups is 1. The minimum atomic E-state index is -0.939. The van der Waals surface area contributed by atoms with Crippen LogP contribution in [-0.2, 0) is 12.8 Å². The molecule has 0 aliphatic heterocycles. The highest BCUT2D eigenvalue weighted by atomic mass is 35.5. The molecule has 0 unspecified atom stereocenters. The van der Waals surface area contributed by atoms with Crippen molar-refractivity contribution in [3.05, 3.63) is 49.4 Å². The van der Waals surface area contributed by atoms with Crippen LogP contribution in [-0.4, -0.2) is 16.1 Å². The van der Waals surface area contributed by atoms with E-state index in [1.165, 1.54) is 11.3 Å². The molecule has 1 heterocycles. The highest BCUT2D eigenvalue weighted by Crippen LogP contribution is 2.29. The van der Waals surface area contributed by atoms with Gasteiger partial charge in [0, 0.05) is 16.5 Å². The largest absolute Gasteiger partial charge is 0.477 e. The monoisotopic (exact) mass is 315 g/mol. The number of halogens is 2. The fourth-order valence-corrected chi connectivity index (χ4v) is 3.27. The highest BCUT2D eigenvalue weighted by Gasteiger charge is 2.17. The smallest absolute Gasteiger partial charge is 0.347 e. The van der Waals surface area contributed by atoms with Crippen LogP contribution in [0.15, 0.2) is 18.2 Å². The average molecular weight is 316 g/mol. The van der Waals surface area contributed by atoms with Crippen LogP contribution in [0.25, 0.3) is 0 Å². The number of hydrogen-bond acceptors (Lipinski definition) is 3. The van der Waals surface area contributed by atoms with E-state index in [0.29, 0.717) is 38.5 Å². The second-order valence-corrected chi connectivity index (χ2v) is 5.82. The van der Waals surface area contributed by atoms with Crippen LogP contribution in [0.1, 0.15) is 32.9 Å². The lowest BCUT2D eigenvalue weighted by atomic mass is 10.1. The van der Waals surface area contributed by atoms with Crippen LogP contribution in [0.2, 0.25) is 10.0 Å². The van der Waals surface area contributed by atoms with E-state index in [0.717, 1.165) is 5.56 Å². The molecule has 2 aromatic rings. The van der Waals surface area contributed by atoms with Crippen LogP contribution in [0.4, 0.5) is 0 Å². The van der Waals surface area contributed by atoms with Crippen molar-refractivity contribution in [1.82, 2.24) is 4.98 Å². The number of nitrogens with zero attached hydrogens (tertiary/aromatic N) is 1. The number of aryl methyl sites for hydroxylation is 1. The maximum atomic E-state index is 11.1. The number of aromatic nitrogens is 1. The summed E-state index contributed by atoms with van der Waals surface area (Å²) in [5, 5.41) is 11.0. The van der Waals surface area contributed by atoms with Gasteiger partial charge in [-0.3, -0.25) is 0 Å². The van der Waals surface area contributed by atoms with Crippen molar-refractivity contribution in [3.8, 4) is 0 Å². The molecule has 0 bridgehead atoms. The Morgan fingerprint density at radius 2 is 2.00 bits per heavy atom. The van der Waals surface area contributed by atoms with Gasteiger partial charge >= 0.3 is 5.97 Å². The van der Waals surface area contributed by atoms with Gasteiger partial charge in [-0.15, -0.1) is 11.3 Å². The minimum absolute atomic E-state index is 0.292. The van der Waals surface area contributed by atoms with Gasteiger partial charge in [-0.25, -0.2) is 9.78 Å². The lowest BCUT2D eigenvalue weighted by Gasteiger charge is -2.04. The van der Waals surface area contributed by atoms with E-state index in [-0.39, 0.29) is 0 Å². The Hall–Kier alpha value is -1.10. The molecule has 0 radical (unpaired) electrons. The Morgan fingerprint density at radius 3 is 2.47 bits per heavy atom. The first-order chi connectivity index (χ1) is 9.02. The van der Waals surface area contributed by atoms with Crippen LogP contribution < -0.4 is 0 Å². The zero-order valence-corrected chi connectivity index (χ0v) is 12.4. The number of carboxylic acids is 1. The molecule has 1 N–H and O–H groups in total. The van der Waals surface area contributed by atoms with E-state index < -0.39 is 5.97 Å². The molecule has 19 heavy (non-hydrogen) atoms. The molecule has 2 rings (SSSR count). The Labute approximate surface area is 124 Å². The fourth-order valence-electron chi connectivity index (χ4n) is 1.74. The summed E-state index contributed by atoms with van der Waals surface area (Å²) < 4.78 is 0. The zero-order valence-electron chi connectivity index (χ0n) is 10.1. The van der Waals surface area contributed by atoms with Crippen LogP contribution >= 0.6 is 34.5 Å². The third-order valence-electron chi connectivity index (χ3n) is 2.66. The first kappa shape index (κ1) is 14.3. The molecular formula is C13H11Cl2NO2S. The van der Waals surface area contributed by atoms with Crippen molar-refractivity contribution in [2.45, 2.75) is 19.8 Å². The van der Waals surface area contributed by atoms with Crippen molar-refractivity contribution in [3.63, 3.8) is 0 Å². The summed E-state index contributed by atoms with van der Waals surface area (Å²) in [5.74, 6) is -0.939. The minimum Gasteiger partial charge on any atom is -0.477 e. The molecule has 1 aromatic heterocycles. The summed E-state index contributed by atoms with van der Waals surface area (Å²) in [7, 11) is 0. The van der Waals surface area contributed by atoms with Crippen molar-refractivity contribution in [1.29, 1.82) is 0 Å². The molecule has 0 saturated heterocycles. The van der Waals surface area contributed by atoms with Crippen molar-refractivity contribution in [2.75, 3.05) is 0 Å². The lowest BCUT2D eigenvalue weighted by molar-refractivity contribution is 0.0701. The second kappa shape index (κ2) is 5.90. The molecule has 0 spiro atoms. The molecular weight excluding hydrogens is 305 g/mol. The zero-order chi connectivity index (χ0) is 14.0. The molecule has 100 valence electrons. The van der Waals surface area contributed by atoms with Gasteiger partial charge in [-0.2, -0.15) is 0 Å². The normalized spacial score (nSPS) is 10.7. The van der Waals surface area contributed by atoms with Gasteiger partial charge in [-0.1, -0.05) is 36.2 Å². The molecule has 0 aliphatic carbocycles. The van der Waals surface area contributed by atoms with Gasteiger partial charge in [0.15, 0.2) is 0 Å². The van der Waals surface area contributed by atoms with E-state index in [2.05, 4.69) is 4.98 Å². The molecule has 6 heteroatoms. The van der Waals surface area contributed by atoms with E-state index >= 15 is 0 Å². The van der Waals surface area contributed by atoms with Crippen molar-refractivity contribution in [2.24, 2.45) is 0 Å². The third kappa shape index (κ3) is 3.08. The second-order valence-electron chi connectivity index (χ2n) is 3.92. The quantitative estimate of drug-likeness (QED) is 0.915. The van der Waals surface area contributed by atoms with E-state index in [1.54, 1.807) is 18.2 Å². The summed E-state index contributed by atoms with van der Waals surface area (Å²) in [6, 6.07) is 5.29. The number of thiazole rings is 1. The number of aromatic carboxylic acids is 1. The third-order valence-corrected chi connectivity index (χ3v) is 4.45. The molecule has 0 fully saturated rings. The summed E-state index contributed by atoms with van der Waals surface area (Å²) in [6.07, 6.45) is 1.04. The summed E-state index contributed by atoms with van der Waals surface area (Å²) in [5.41, 5.74) is 1.38. The number of hydrogen-bond donors (Lipinski definition) is 1. The first-order valence-corrected chi connectivity index (χ1v) is 7.25. The lowest BCUT2D eigenvalue weighted by Crippen LogP contribution is -1.97. The Kier molecular flexibility index (Phi) is 4.45. The molecule has 1 aromatic carbocycles. The Bertz CT molecular complexity index is 605. The van der Waals surface area contributed by atoms with Crippen LogP contribution in [0.5, 0.6) is 0 Å². The molecule has 0 atom stereocenters. The summed E-state index contributed by atoms with van der Waals surface area (Å²) in [6.45, 7) is 1.88. The SMILES string of the molecule is CCc1nc(Cc2c(Cl)cccc2Cl)sc1C(=O)O. The van der Waals surface area contributed by atoms with Gasteiger partial charge in [0.1, 0.15) is 4.88 Å². The highest BCUT2D eigenvalue weighted by molar-refractivity contribution is 7.13. The Balaban J connectivity index is 2.36. The standard InChI is InChI=1S/C13H11Cl2NO2S/c1-2-10-12(13(17)18)19-11(16-10)6-7-8(14)4-3-5-9(7)15/h3-5H,2,6H2,1H3,(H,17,18). The van der Waals surface area contributed by atoms with Gasteiger partial charge in [-0.05, 0) is 24.1 Å². The van der Waals surface area contributed by atoms with E-state index in [4.69, 9.17) is 28.3 Å². The van der Waals surface area contributed by atoms with Gasteiger partial charge in [0.2, 0.25) is 0 Å². The molecule has 3 nitrogen and oxygen atoms in total. The topological polar surface area (TPSA) is 50.2 Å². The number of benzene rings is 1. The van der Waals surface area contributed by atoms with E-state index in [9.17, 15) is 4.79 Å². The predicted octanol–water partition coefficient (Wildman–Crippen LogP) is 4.30. The van der Waals surface area contributed by atoms with Gasteiger partial charge in [0.25, 0.3) is 0 Å². The van der Waals surface area contributed by atoms with Crippen LogP contribution in [0.3, 0.4) is 0 Å². The first-order valence-electron chi connectivity index (χ1n) is 5.67. The van der Waals surface area contributed by atoms with Crippen LogP contribution in [0, 0.1) is 0 Å². The summed E-state index contributed by atoms with van der Waals surface area (Å²) in [4.78, 5) is 15.7. The van der Waals surface area contributed by atoms with Gasteiger partial charge < -0.3 is 5.11 Å². The van der Waals surface area contributed by atoms with Crippen molar-refractivity contribution >= 4 is 40.5 Å². The summed E-state index contributed by atoms with van der Waals surface area (Å²) >= 11 is 13.4. The Morgan fingerprint density at radius 1 is 1.37 bits per heavy atom.